The summed E-state index contributed by atoms with van der Waals surface area (Å²) in [5, 5.41) is 0. The van der Waals surface area contributed by atoms with Crippen LogP contribution in [-0.2, 0) is 42.6 Å². The Hall–Kier alpha value is -3.82. The van der Waals surface area contributed by atoms with Gasteiger partial charge in [-0.1, -0.05) is 54.6 Å². The van der Waals surface area contributed by atoms with Crippen molar-refractivity contribution in [2.24, 2.45) is 0 Å². The van der Waals surface area contributed by atoms with Crippen LogP contribution in [0.5, 0.6) is 0 Å². The summed E-state index contributed by atoms with van der Waals surface area (Å²) in [6.45, 7) is 7.01. The zero-order valence-corrected chi connectivity index (χ0v) is 29.4. The number of rotatable bonds is 10. The Morgan fingerprint density at radius 1 is 0.588 bits per heavy atom. The molecule has 12 nitrogen and oxygen atoms in total. The molecule has 0 bridgehead atoms. The highest BCUT2D eigenvalue weighted by atomic mass is 32.2. The third-order valence-electron chi connectivity index (χ3n) is 8.84. The summed E-state index contributed by atoms with van der Waals surface area (Å²) >= 11 is 1.29. The van der Waals surface area contributed by atoms with Gasteiger partial charge in [-0.05, 0) is 64.1 Å². The van der Waals surface area contributed by atoms with Crippen molar-refractivity contribution in [2.75, 3.05) is 12.4 Å². The van der Waals surface area contributed by atoms with Crippen LogP contribution in [0.2, 0.25) is 0 Å². The first kappa shape index (κ1) is 35.6. The van der Waals surface area contributed by atoms with Crippen molar-refractivity contribution in [3.05, 3.63) is 108 Å². The Kier molecular flexibility index (Phi) is 10.2. The molecule has 0 radical (unpaired) electrons. The second kappa shape index (κ2) is 14.7. The van der Waals surface area contributed by atoms with E-state index < -0.39 is 83.9 Å². The molecule has 0 N–H and O–H groups in total. The van der Waals surface area contributed by atoms with Gasteiger partial charge in [-0.25, -0.2) is 14.4 Å². The molecular weight excluding hydrogens is 680 g/mol. The van der Waals surface area contributed by atoms with Gasteiger partial charge in [0.15, 0.2) is 30.1 Å². The van der Waals surface area contributed by atoms with E-state index in [2.05, 4.69) is 0 Å². The molecule has 0 aromatic heterocycles. The van der Waals surface area contributed by atoms with Gasteiger partial charge < -0.3 is 42.6 Å². The van der Waals surface area contributed by atoms with Gasteiger partial charge in [-0.15, -0.1) is 11.8 Å². The lowest BCUT2D eigenvalue weighted by atomic mass is 10.00. The minimum Gasteiger partial charge on any atom is -0.459 e. The van der Waals surface area contributed by atoms with Gasteiger partial charge in [-0.3, -0.25) is 0 Å². The van der Waals surface area contributed by atoms with Crippen LogP contribution >= 0.6 is 11.8 Å². The smallest absolute Gasteiger partial charge is 0.338 e. The van der Waals surface area contributed by atoms with E-state index in [4.69, 9.17) is 42.6 Å². The Morgan fingerprint density at radius 2 is 1.08 bits per heavy atom. The number of thioether (sulfide) groups is 1. The van der Waals surface area contributed by atoms with Crippen LogP contribution in [0.15, 0.2) is 91.0 Å². The second-order valence-corrected chi connectivity index (χ2v) is 14.7. The molecule has 3 aromatic carbocycles. The first-order chi connectivity index (χ1) is 24.5. The third-order valence-corrected chi connectivity index (χ3v) is 10.1. The molecule has 3 aromatic rings. The zero-order valence-electron chi connectivity index (χ0n) is 28.6. The molecule has 4 saturated heterocycles. The van der Waals surface area contributed by atoms with Crippen LogP contribution in [0.1, 0.15) is 58.8 Å². The number of fused-ring (bicyclic) bond motifs is 3. The van der Waals surface area contributed by atoms with Gasteiger partial charge >= 0.3 is 17.9 Å². The maximum Gasteiger partial charge on any atom is 0.338 e. The zero-order chi connectivity index (χ0) is 35.8. The topological polar surface area (TPSA) is 134 Å². The van der Waals surface area contributed by atoms with Crippen LogP contribution in [0, 0.1) is 0 Å². The van der Waals surface area contributed by atoms with E-state index in [9.17, 15) is 14.4 Å². The largest absolute Gasteiger partial charge is 0.459 e. The number of carbonyl (C=O) groups is 3. The van der Waals surface area contributed by atoms with Crippen molar-refractivity contribution in [1.29, 1.82) is 0 Å². The summed E-state index contributed by atoms with van der Waals surface area (Å²) in [5.74, 6) is -3.37. The Bertz CT molecular complexity index is 1690. The van der Waals surface area contributed by atoms with Crippen molar-refractivity contribution in [3.63, 3.8) is 0 Å². The molecule has 0 amide bonds. The maximum atomic E-state index is 13.5. The summed E-state index contributed by atoms with van der Waals surface area (Å²) in [6, 6.07) is 25.4. The fourth-order valence-corrected chi connectivity index (χ4v) is 7.86. The highest BCUT2D eigenvalue weighted by Crippen LogP contribution is 2.45. The lowest BCUT2D eigenvalue weighted by Gasteiger charge is -2.37. The van der Waals surface area contributed by atoms with E-state index in [0.29, 0.717) is 16.7 Å². The second-order valence-electron chi connectivity index (χ2n) is 13.5. The number of hydrogen-bond acceptors (Lipinski definition) is 13. The lowest BCUT2D eigenvalue weighted by molar-refractivity contribution is -0.228. The lowest BCUT2D eigenvalue weighted by Crippen LogP contribution is -2.55. The number of ether oxygens (including phenoxy) is 9. The van der Waals surface area contributed by atoms with Crippen molar-refractivity contribution in [1.82, 2.24) is 0 Å². The molecular formula is C38H40O12S. The van der Waals surface area contributed by atoms with Crippen molar-refractivity contribution < 1.29 is 57.0 Å². The Labute approximate surface area is 299 Å². The van der Waals surface area contributed by atoms with E-state index in [1.807, 2.05) is 27.7 Å². The normalized spacial score (nSPS) is 31.6. The first-order valence-corrected chi connectivity index (χ1v) is 17.9. The van der Waals surface area contributed by atoms with Gasteiger partial charge in [0.2, 0.25) is 0 Å². The minimum absolute atomic E-state index is 0.281. The van der Waals surface area contributed by atoms with Crippen LogP contribution < -0.4 is 0 Å². The van der Waals surface area contributed by atoms with Crippen molar-refractivity contribution >= 4 is 29.7 Å². The molecule has 4 aliphatic rings. The summed E-state index contributed by atoms with van der Waals surface area (Å²) in [6.07, 6.45) is -5.96. The number of hydrogen-bond donors (Lipinski definition) is 0. The predicted octanol–water partition coefficient (Wildman–Crippen LogP) is 5.15. The average Bonchev–Trinajstić information content (AvgIpc) is 3.75. The molecule has 9 atom stereocenters. The fraction of sp³-hybridized carbons (Fsp3) is 0.447. The summed E-state index contributed by atoms with van der Waals surface area (Å²) in [5.41, 5.74) is 0.0637. The predicted molar refractivity (Wildman–Crippen MR) is 182 cm³/mol. The van der Waals surface area contributed by atoms with Gasteiger partial charge in [0, 0.05) is 5.75 Å². The van der Waals surface area contributed by atoms with Crippen LogP contribution in [0.3, 0.4) is 0 Å². The SMILES string of the molecule is CC1(C)O[C@H]2[C@@H](O1)[C@@H](CS[C@@H]1O[C@H](COC(=O)c3ccccc3)[C@@H](OC(=O)c3ccccc3)[C@H]1OC(=O)c1ccccc1)O[C@@H]1OC(C)(C)O[C@@H]12. The van der Waals surface area contributed by atoms with E-state index >= 15 is 0 Å². The van der Waals surface area contributed by atoms with Gasteiger partial charge in [0.1, 0.15) is 36.5 Å². The molecule has 0 unspecified atom stereocenters. The molecule has 0 saturated carbocycles. The summed E-state index contributed by atoms with van der Waals surface area (Å²) < 4.78 is 55.4. The van der Waals surface area contributed by atoms with Gasteiger partial charge in [-0.2, -0.15) is 0 Å². The monoisotopic (exact) mass is 720 g/mol. The quantitative estimate of drug-likeness (QED) is 0.202. The van der Waals surface area contributed by atoms with Crippen LogP contribution in [-0.4, -0.2) is 96.3 Å². The first-order valence-electron chi connectivity index (χ1n) is 16.8. The Morgan fingerprint density at radius 3 is 1.67 bits per heavy atom. The Balaban J connectivity index is 1.15. The van der Waals surface area contributed by atoms with E-state index in [-0.39, 0.29) is 12.4 Å². The molecule has 270 valence electrons. The highest BCUT2D eigenvalue weighted by molar-refractivity contribution is 7.99. The molecule has 0 spiro atoms. The van der Waals surface area contributed by atoms with E-state index in [1.54, 1.807) is 91.0 Å². The number of carbonyl (C=O) groups excluding carboxylic acids is 3. The van der Waals surface area contributed by atoms with Gasteiger partial charge in [0.25, 0.3) is 0 Å². The average molecular weight is 721 g/mol. The molecule has 4 fully saturated rings. The molecule has 4 heterocycles. The number of benzene rings is 3. The van der Waals surface area contributed by atoms with Crippen LogP contribution in [0.25, 0.3) is 0 Å². The molecule has 7 rings (SSSR count). The fourth-order valence-electron chi connectivity index (χ4n) is 6.59. The van der Waals surface area contributed by atoms with Crippen molar-refractivity contribution in [3.8, 4) is 0 Å². The molecule has 13 heteroatoms. The third kappa shape index (κ3) is 8.00. The highest BCUT2D eigenvalue weighted by Gasteiger charge is 2.61. The summed E-state index contributed by atoms with van der Waals surface area (Å²) in [4.78, 5) is 39.9. The van der Waals surface area contributed by atoms with Crippen LogP contribution in [0.4, 0.5) is 0 Å². The maximum absolute atomic E-state index is 13.5. The standard InChI is InChI=1S/C38H40O12S/c1-37(2)47-28-26(43-35-30(29(28)48-37)49-38(3,4)50-35)21-51-36-31(46-34(41)24-18-12-7-13-19-24)27(45-33(40)23-16-10-6-11-17-23)25(44-36)20-42-32(39)22-14-8-5-9-15-22/h5-19,25-31,35-36H,20-21H2,1-4H3/t25-,26-,27-,28+,29+,30-,31-,35-,36+/m1/s1. The van der Waals surface area contributed by atoms with E-state index in [1.165, 1.54) is 11.8 Å². The molecule has 4 aliphatic heterocycles. The van der Waals surface area contributed by atoms with E-state index in [0.717, 1.165) is 0 Å². The molecule has 51 heavy (non-hydrogen) atoms. The van der Waals surface area contributed by atoms with Crippen molar-refractivity contribution in [2.45, 2.75) is 93.7 Å². The molecule has 0 aliphatic carbocycles. The van der Waals surface area contributed by atoms with Gasteiger partial charge in [0.05, 0.1) is 22.8 Å². The number of esters is 3. The summed E-state index contributed by atoms with van der Waals surface area (Å²) in [7, 11) is 0. The minimum atomic E-state index is -1.15.